The molecule has 0 radical (unpaired) electrons. The first-order valence-electron chi connectivity index (χ1n) is 5.04. The van der Waals surface area contributed by atoms with E-state index >= 15 is 0 Å². The van der Waals surface area contributed by atoms with Crippen LogP contribution in [-0.4, -0.2) is 0 Å². The molecular weight excluding hydrogens is 336 g/mol. The molecule has 0 unspecified atom stereocenters. The first-order valence-corrected chi connectivity index (χ1v) is 7.44. The van der Waals surface area contributed by atoms with Crippen molar-refractivity contribution in [1.82, 2.24) is 0 Å². The Morgan fingerprint density at radius 3 is 1.20 bits per heavy atom. The van der Waals surface area contributed by atoms with Gasteiger partial charge in [0.15, 0.2) is 0 Å². The highest BCUT2D eigenvalue weighted by atomic mass is 79.9. The highest BCUT2D eigenvalue weighted by Crippen LogP contribution is 2.47. The van der Waals surface area contributed by atoms with Gasteiger partial charge in [0, 0.05) is 0 Å². The Morgan fingerprint density at radius 2 is 1.00 bits per heavy atom. The summed E-state index contributed by atoms with van der Waals surface area (Å²) in [5, 5.41) is 0. The molecule has 0 fully saturated rings. The Labute approximate surface area is 114 Å². The number of rotatable bonds is 0. The summed E-state index contributed by atoms with van der Waals surface area (Å²) in [7, 11) is 0. The predicted octanol–water partition coefficient (Wildman–Crippen LogP) is 5.87. The number of halogens is 2. The minimum Gasteiger partial charge on any atom is -0.121 e. The second-order valence-corrected chi connectivity index (χ2v) is 9.56. The van der Waals surface area contributed by atoms with Crippen LogP contribution in [0.15, 0.2) is 7.57 Å². The molecule has 0 aliphatic rings. The Kier molecular flexibility index (Phi) is 3.80. The Balaban J connectivity index is 3.51. The second-order valence-electron chi connectivity index (χ2n) is 5.90. The topological polar surface area (TPSA) is 0 Å². The van der Waals surface area contributed by atoms with Gasteiger partial charge in [-0.15, -0.1) is 11.3 Å². The van der Waals surface area contributed by atoms with Crippen molar-refractivity contribution in [2.24, 2.45) is 0 Å². The lowest BCUT2D eigenvalue weighted by Crippen LogP contribution is -2.20. The zero-order valence-electron chi connectivity index (χ0n) is 10.2. The molecular formula is C12H18Br2S. The molecule has 0 amide bonds. The molecule has 0 spiro atoms. The normalized spacial score (nSPS) is 13.3. The molecule has 0 saturated heterocycles. The first-order chi connectivity index (χ1) is 6.55. The van der Waals surface area contributed by atoms with E-state index in [0.717, 1.165) is 0 Å². The van der Waals surface area contributed by atoms with Gasteiger partial charge in [-0.25, -0.2) is 0 Å². The molecule has 0 saturated carbocycles. The number of thiophene rings is 1. The lowest BCUT2D eigenvalue weighted by Gasteiger charge is -2.27. The van der Waals surface area contributed by atoms with Crippen LogP contribution in [0.4, 0.5) is 0 Å². The molecule has 1 heterocycles. The molecule has 0 aliphatic carbocycles. The van der Waals surface area contributed by atoms with Crippen molar-refractivity contribution in [3.63, 3.8) is 0 Å². The molecule has 0 aliphatic heterocycles. The fourth-order valence-corrected chi connectivity index (χ4v) is 6.10. The lowest BCUT2D eigenvalue weighted by molar-refractivity contribution is 0.531. The average molecular weight is 354 g/mol. The van der Waals surface area contributed by atoms with Gasteiger partial charge in [0.1, 0.15) is 0 Å². The van der Waals surface area contributed by atoms with Crippen molar-refractivity contribution >= 4 is 43.2 Å². The number of hydrogen-bond donors (Lipinski definition) is 0. The second kappa shape index (κ2) is 4.15. The maximum Gasteiger partial charge on any atom is 0.0750 e. The molecule has 0 aromatic carbocycles. The molecule has 1 rings (SSSR count). The summed E-state index contributed by atoms with van der Waals surface area (Å²) in [5.41, 5.74) is 3.24. The van der Waals surface area contributed by atoms with Crippen LogP contribution in [0.5, 0.6) is 0 Å². The van der Waals surface area contributed by atoms with E-state index in [2.05, 4.69) is 73.4 Å². The van der Waals surface area contributed by atoms with Crippen LogP contribution in [-0.2, 0) is 10.8 Å². The van der Waals surface area contributed by atoms with E-state index in [1.165, 1.54) is 18.7 Å². The largest absolute Gasteiger partial charge is 0.121 e. The van der Waals surface area contributed by atoms with E-state index in [4.69, 9.17) is 0 Å². The van der Waals surface area contributed by atoms with Gasteiger partial charge in [-0.3, -0.25) is 0 Å². The van der Waals surface area contributed by atoms with E-state index < -0.39 is 0 Å². The molecule has 0 nitrogen and oxygen atoms in total. The summed E-state index contributed by atoms with van der Waals surface area (Å²) >= 11 is 9.15. The van der Waals surface area contributed by atoms with E-state index in [9.17, 15) is 0 Å². The molecule has 1 aromatic heterocycles. The summed E-state index contributed by atoms with van der Waals surface area (Å²) in [5.74, 6) is 0. The molecule has 15 heavy (non-hydrogen) atoms. The first kappa shape index (κ1) is 13.7. The van der Waals surface area contributed by atoms with Gasteiger partial charge in [-0.1, -0.05) is 41.5 Å². The Hall–Kier alpha value is 0.660. The number of hydrogen-bond acceptors (Lipinski definition) is 1. The van der Waals surface area contributed by atoms with Gasteiger partial charge in [-0.2, -0.15) is 0 Å². The summed E-state index contributed by atoms with van der Waals surface area (Å²) in [6.07, 6.45) is 0. The molecule has 3 heteroatoms. The van der Waals surface area contributed by atoms with E-state index in [1.54, 1.807) is 11.3 Å². The van der Waals surface area contributed by atoms with Crippen LogP contribution < -0.4 is 0 Å². The monoisotopic (exact) mass is 352 g/mol. The molecule has 0 bridgehead atoms. The third-order valence-corrected chi connectivity index (χ3v) is 4.85. The third-order valence-electron chi connectivity index (χ3n) is 2.32. The predicted molar refractivity (Wildman–Crippen MR) is 77.1 cm³/mol. The average Bonchev–Trinajstić information content (AvgIpc) is 2.22. The van der Waals surface area contributed by atoms with Crippen molar-refractivity contribution in [2.45, 2.75) is 52.4 Å². The molecule has 0 N–H and O–H groups in total. The zero-order chi connectivity index (χ0) is 12.0. The van der Waals surface area contributed by atoms with Gasteiger partial charge < -0.3 is 0 Å². The summed E-state index contributed by atoms with van der Waals surface area (Å²) < 4.78 is 2.51. The van der Waals surface area contributed by atoms with E-state index in [1.807, 2.05) is 0 Å². The van der Waals surface area contributed by atoms with Crippen molar-refractivity contribution in [3.05, 3.63) is 18.7 Å². The van der Waals surface area contributed by atoms with Gasteiger partial charge in [0.05, 0.1) is 7.57 Å². The smallest absolute Gasteiger partial charge is 0.0750 e. The SMILES string of the molecule is CC(C)(C)c1c(Br)sc(Br)c1C(C)(C)C. The van der Waals surface area contributed by atoms with Crippen LogP contribution in [0.3, 0.4) is 0 Å². The molecule has 86 valence electrons. The van der Waals surface area contributed by atoms with Crippen LogP contribution in [0.2, 0.25) is 0 Å². The van der Waals surface area contributed by atoms with Gasteiger partial charge >= 0.3 is 0 Å². The standard InChI is InChI=1S/C12H18Br2S/c1-11(2,3)7-8(12(4,5)6)10(14)15-9(7)13/h1-6H3. The van der Waals surface area contributed by atoms with Gasteiger partial charge in [-0.05, 0) is 53.8 Å². The van der Waals surface area contributed by atoms with Crippen molar-refractivity contribution < 1.29 is 0 Å². The minimum atomic E-state index is 0.184. The van der Waals surface area contributed by atoms with Crippen molar-refractivity contribution in [1.29, 1.82) is 0 Å². The lowest BCUT2D eigenvalue weighted by atomic mass is 9.78. The Bertz CT molecular complexity index is 330. The summed E-state index contributed by atoms with van der Waals surface area (Å²) in [6, 6.07) is 0. The fourth-order valence-electron chi connectivity index (χ4n) is 1.72. The Morgan fingerprint density at radius 1 is 0.733 bits per heavy atom. The van der Waals surface area contributed by atoms with Crippen molar-refractivity contribution in [2.75, 3.05) is 0 Å². The highest BCUT2D eigenvalue weighted by Gasteiger charge is 2.31. The summed E-state index contributed by atoms with van der Waals surface area (Å²) in [4.78, 5) is 0. The minimum absolute atomic E-state index is 0.184. The van der Waals surface area contributed by atoms with Crippen LogP contribution >= 0.6 is 43.2 Å². The quantitative estimate of drug-likeness (QED) is 0.547. The van der Waals surface area contributed by atoms with Crippen LogP contribution in [0.25, 0.3) is 0 Å². The molecule has 1 aromatic rings. The van der Waals surface area contributed by atoms with Crippen LogP contribution in [0, 0.1) is 0 Å². The summed E-state index contributed by atoms with van der Waals surface area (Å²) in [6.45, 7) is 13.6. The van der Waals surface area contributed by atoms with Gasteiger partial charge in [0.25, 0.3) is 0 Å². The molecule has 0 atom stereocenters. The highest BCUT2D eigenvalue weighted by molar-refractivity contribution is 9.12. The fraction of sp³-hybridized carbons (Fsp3) is 0.667. The van der Waals surface area contributed by atoms with Gasteiger partial charge in [0.2, 0.25) is 0 Å². The maximum absolute atomic E-state index is 3.68. The van der Waals surface area contributed by atoms with E-state index in [0.29, 0.717) is 0 Å². The van der Waals surface area contributed by atoms with Crippen LogP contribution in [0.1, 0.15) is 52.7 Å². The van der Waals surface area contributed by atoms with E-state index in [-0.39, 0.29) is 10.8 Å². The van der Waals surface area contributed by atoms with Crippen molar-refractivity contribution in [3.8, 4) is 0 Å². The zero-order valence-corrected chi connectivity index (χ0v) is 14.2. The maximum atomic E-state index is 3.68. The third kappa shape index (κ3) is 2.86.